The predicted molar refractivity (Wildman–Crippen MR) is 238 cm³/mol. The van der Waals surface area contributed by atoms with Gasteiger partial charge in [0.2, 0.25) is 0 Å². The summed E-state index contributed by atoms with van der Waals surface area (Å²) in [6, 6.07) is 0. The van der Waals surface area contributed by atoms with Crippen molar-refractivity contribution in [2.24, 2.45) is 0 Å². The lowest BCUT2D eigenvalue weighted by molar-refractivity contribution is -0.167. The quantitative estimate of drug-likeness (QED) is 0.0347. The number of carbonyl (C=O) groups excluding carboxylic acids is 3. The van der Waals surface area contributed by atoms with E-state index in [-0.39, 0.29) is 31.1 Å². The van der Waals surface area contributed by atoms with E-state index in [4.69, 9.17) is 14.2 Å². The van der Waals surface area contributed by atoms with Crippen LogP contribution in [0.25, 0.3) is 0 Å². The van der Waals surface area contributed by atoms with Crippen LogP contribution in [0.5, 0.6) is 0 Å². The molecule has 0 rings (SSSR count). The molecule has 332 valence electrons. The van der Waals surface area contributed by atoms with Gasteiger partial charge in [-0.3, -0.25) is 14.4 Å². The summed E-state index contributed by atoms with van der Waals surface area (Å²) in [5, 5.41) is 0. The van der Waals surface area contributed by atoms with Gasteiger partial charge in [0, 0.05) is 19.3 Å². The summed E-state index contributed by atoms with van der Waals surface area (Å²) in [5.41, 5.74) is 0. The highest BCUT2D eigenvalue weighted by molar-refractivity contribution is 5.71. The Morgan fingerprint density at radius 1 is 0.286 bits per heavy atom. The van der Waals surface area contributed by atoms with E-state index in [1.165, 1.54) is 186 Å². The Morgan fingerprint density at radius 3 is 0.714 bits per heavy atom. The van der Waals surface area contributed by atoms with Gasteiger partial charge in [0.15, 0.2) is 6.10 Å². The third-order valence-corrected chi connectivity index (χ3v) is 11.4. The van der Waals surface area contributed by atoms with Crippen LogP contribution in [0, 0.1) is 0 Å². The second-order valence-corrected chi connectivity index (χ2v) is 17.1. The van der Waals surface area contributed by atoms with Gasteiger partial charge >= 0.3 is 17.9 Å². The van der Waals surface area contributed by atoms with Crippen LogP contribution in [0.1, 0.15) is 284 Å². The minimum atomic E-state index is -0.758. The zero-order valence-electron chi connectivity index (χ0n) is 37.9. The van der Waals surface area contributed by atoms with Gasteiger partial charge in [-0.15, -0.1) is 0 Å². The predicted octanol–water partition coefficient (Wildman–Crippen LogP) is 16.0. The number of hydrogen-bond acceptors (Lipinski definition) is 6. The van der Waals surface area contributed by atoms with E-state index >= 15 is 0 Å². The largest absolute Gasteiger partial charge is 0.462 e. The van der Waals surface area contributed by atoms with Gasteiger partial charge < -0.3 is 14.2 Å². The molecule has 0 unspecified atom stereocenters. The van der Waals surface area contributed by atoms with Crippen LogP contribution in [-0.2, 0) is 28.6 Å². The summed E-state index contributed by atoms with van der Waals surface area (Å²) < 4.78 is 16.7. The Hall–Kier alpha value is -1.59. The zero-order chi connectivity index (χ0) is 40.8. The second-order valence-electron chi connectivity index (χ2n) is 17.1. The number of ether oxygens (including phenoxy) is 3. The van der Waals surface area contributed by atoms with Gasteiger partial charge in [0.1, 0.15) is 13.2 Å². The zero-order valence-corrected chi connectivity index (χ0v) is 37.9. The molecule has 0 spiro atoms. The van der Waals surface area contributed by atoms with Crippen molar-refractivity contribution in [2.75, 3.05) is 13.2 Å². The third-order valence-electron chi connectivity index (χ3n) is 11.4. The second kappa shape index (κ2) is 46.1. The molecular formula is C50H96O6. The molecule has 0 radical (unpaired) electrons. The monoisotopic (exact) mass is 793 g/mol. The average molecular weight is 793 g/mol. The summed E-state index contributed by atoms with van der Waals surface area (Å²) in [6.45, 7) is 6.65. The molecular weight excluding hydrogens is 697 g/mol. The maximum atomic E-state index is 12.7. The fraction of sp³-hybridized carbons (Fsp3) is 0.940. The lowest BCUT2D eigenvalue weighted by atomic mass is 10.0. The molecule has 0 N–H and O–H groups in total. The lowest BCUT2D eigenvalue weighted by Gasteiger charge is -2.18. The third kappa shape index (κ3) is 43.5. The van der Waals surface area contributed by atoms with Crippen LogP contribution < -0.4 is 0 Å². The van der Waals surface area contributed by atoms with E-state index < -0.39 is 6.10 Å². The maximum absolute atomic E-state index is 12.7. The molecule has 0 saturated carbocycles. The van der Waals surface area contributed by atoms with Crippen molar-refractivity contribution >= 4 is 17.9 Å². The lowest BCUT2D eigenvalue weighted by Crippen LogP contribution is -2.30. The molecule has 6 nitrogen and oxygen atoms in total. The number of carbonyl (C=O) groups is 3. The van der Waals surface area contributed by atoms with Gasteiger partial charge in [0.25, 0.3) is 0 Å². The summed E-state index contributed by atoms with van der Waals surface area (Å²) in [6.07, 6.45) is 48.0. The summed E-state index contributed by atoms with van der Waals surface area (Å²) in [5.74, 6) is -0.848. The summed E-state index contributed by atoms with van der Waals surface area (Å²) in [7, 11) is 0. The van der Waals surface area contributed by atoms with Crippen molar-refractivity contribution in [3.63, 3.8) is 0 Å². The molecule has 0 aromatic rings. The molecule has 0 aliphatic carbocycles. The van der Waals surface area contributed by atoms with Crippen molar-refractivity contribution in [3.05, 3.63) is 0 Å². The standard InChI is InChI=1S/C50H96O6/c1-4-7-10-13-16-19-21-22-23-24-25-26-27-29-32-34-37-40-43-49(52)55-46-47(56-50(53)44-41-38-35-30-18-15-12-9-6-3)45-54-48(51)42-39-36-33-31-28-20-17-14-11-8-5-2/h47H,4-46H2,1-3H3/t47-/m1/s1. The van der Waals surface area contributed by atoms with E-state index in [0.29, 0.717) is 19.3 Å². The first kappa shape index (κ1) is 54.4. The van der Waals surface area contributed by atoms with Crippen LogP contribution >= 0.6 is 0 Å². The molecule has 0 aromatic heterocycles. The summed E-state index contributed by atoms with van der Waals surface area (Å²) >= 11 is 0. The van der Waals surface area contributed by atoms with Crippen molar-refractivity contribution in [1.82, 2.24) is 0 Å². The van der Waals surface area contributed by atoms with Crippen LogP contribution in [0.2, 0.25) is 0 Å². The first-order chi connectivity index (χ1) is 27.5. The Balaban J connectivity index is 4.20. The Bertz CT molecular complexity index is 828. The number of unbranched alkanes of at least 4 members (excludes halogenated alkanes) is 35. The Morgan fingerprint density at radius 2 is 0.482 bits per heavy atom. The van der Waals surface area contributed by atoms with Crippen molar-refractivity contribution in [3.8, 4) is 0 Å². The highest BCUT2D eigenvalue weighted by atomic mass is 16.6. The Labute approximate surface area is 348 Å². The number of rotatable bonds is 46. The van der Waals surface area contributed by atoms with Crippen LogP contribution in [0.3, 0.4) is 0 Å². The average Bonchev–Trinajstić information content (AvgIpc) is 3.19. The van der Waals surface area contributed by atoms with Gasteiger partial charge in [0.05, 0.1) is 0 Å². The molecule has 1 atom stereocenters. The number of hydrogen-bond donors (Lipinski definition) is 0. The summed E-state index contributed by atoms with van der Waals surface area (Å²) in [4.78, 5) is 37.7. The minimum absolute atomic E-state index is 0.0624. The fourth-order valence-corrected chi connectivity index (χ4v) is 7.56. The molecule has 6 heteroatoms. The van der Waals surface area contributed by atoms with E-state index in [1.54, 1.807) is 0 Å². The van der Waals surface area contributed by atoms with Gasteiger partial charge in [-0.25, -0.2) is 0 Å². The van der Waals surface area contributed by atoms with E-state index in [1.807, 2.05) is 0 Å². The minimum Gasteiger partial charge on any atom is -0.462 e. The normalized spacial score (nSPS) is 11.8. The van der Waals surface area contributed by atoms with Gasteiger partial charge in [-0.1, -0.05) is 245 Å². The SMILES string of the molecule is CCCCCCCCCCCCCCCCCCCCC(=O)OC[C@@H](COC(=O)CCCCCCCCCCCCC)OC(=O)CCCCCCCCCCC. The van der Waals surface area contributed by atoms with E-state index in [9.17, 15) is 14.4 Å². The molecule has 0 aliphatic heterocycles. The van der Waals surface area contributed by atoms with Crippen LogP contribution in [0.15, 0.2) is 0 Å². The number of esters is 3. The maximum Gasteiger partial charge on any atom is 0.306 e. The smallest absolute Gasteiger partial charge is 0.306 e. The van der Waals surface area contributed by atoms with Crippen LogP contribution in [0.4, 0.5) is 0 Å². The molecule has 0 saturated heterocycles. The van der Waals surface area contributed by atoms with Gasteiger partial charge in [-0.05, 0) is 19.3 Å². The molecule has 0 fully saturated rings. The topological polar surface area (TPSA) is 78.9 Å². The van der Waals surface area contributed by atoms with Crippen molar-refractivity contribution < 1.29 is 28.6 Å². The Kier molecular flexibility index (Phi) is 44.8. The highest BCUT2D eigenvalue weighted by Gasteiger charge is 2.19. The molecule has 56 heavy (non-hydrogen) atoms. The molecule has 0 aliphatic rings. The molecule has 0 bridgehead atoms. The van der Waals surface area contributed by atoms with E-state index in [0.717, 1.165) is 57.8 Å². The highest BCUT2D eigenvalue weighted by Crippen LogP contribution is 2.16. The fourth-order valence-electron chi connectivity index (χ4n) is 7.56. The van der Waals surface area contributed by atoms with E-state index in [2.05, 4.69) is 20.8 Å². The van der Waals surface area contributed by atoms with Crippen molar-refractivity contribution in [1.29, 1.82) is 0 Å². The first-order valence-electron chi connectivity index (χ1n) is 25.0. The van der Waals surface area contributed by atoms with Crippen LogP contribution in [-0.4, -0.2) is 37.2 Å². The molecule has 0 amide bonds. The molecule has 0 aromatic carbocycles. The first-order valence-corrected chi connectivity index (χ1v) is 25.0. The van der Waals surface area contributed by atoms with Crippen molar-refractivity contribution in [2.45, 2.75) is 290 Å². The molecule has 0 heterocycles. The van der Waals surface area contributed by atoms with Gasteiger partial charge in [-0.2, -0.15) is 0 Å².